The van der Waals surface area contributed by atoms with Gasteiger partial charge in [0, 0.05) is 41.5 Å². The summed E-state index contributed by atoms with van der Waals surface area (Å²) in [5.74, 6) is 1.63. The van der Waals surface area contributed by atoms with Gasteiger partial charge in [-0.05, 0) is 43.2 Å². The summed E-state index contributed by atoms with van der Waals surface area (Å²) < 4.78 is 10.9. The van der Waals surface area contributed by atoms with Crippen LogP contribution in [0.5, 0.6) is 5.75 Å². The number of nitrogens with two attached hydrogens (primary N) is 1. The largest absolute Gasteiger partial charge is 0.495 e. The number of nitrogens with zero attached hydrogens (tertiary/aromatic N) is 1. The summed E-state index contributed by atoms with van der Waals surface area (Å²) in [6.07, 6.45) is 4.73. The quantitative estimate of drug-likeness (QED) is 0.486. The van der Waals surface area contributed by atoms with E-state index in [9.17, 15) is 0 Å². The summed E-state index contributed by atoms with van der Waals surface area (Å²) in [7, 11) is 1.68. The van der Waals surface area contributed by atoms with Gasteiger partial charge in [0.05, 0.1) is 25.1 Å². The van der Waals surface area contributed by atoms with Crippen LogP contribution < -0.4 is 21.1 Å². The second-order valence-corrected chi connectivity index (χ2v) is 7.46. The average molecular weight is 396 g/mol. The van der Waals surface area contributed by atoms with Crippen LogP contribution in [0.4, 0.5) is 17.2 Å². The molecule has 2 atom stereocenters. The molecule has 3 aromatic rings. The van der Waals surface area contributed by atoms with E-state index in [0.29, 0.717) is 6.61 Å². The lowest BCUT2D eigenvalue weighted by Gasteiger charge is -2.30. The molecule has 7 heteroatoms. The van der Waals surface area contributed by atoms with Gasteiger partial charge in [-0.25, -0.2) is 4.98 Å². The van der Waals surface area contributed by atoms with E-state index in [4.69, 9.17) is 20.2 Å². The van der Waals surface area contributed by atoms with Crippen LogP contribution in [0.1, 0.15) is 25.5 Å². The highest BCUT2D eigenvalue weighted by molar-refractivity contribution is 5.96. The normalized spacial score (nSPS) is 19.3. The fourth-order valence-electron chi connectivity index (χ4n) is 3.80. The SMILES string of the molecule is CCCc1nc(Nc2cc(N[C@@H]3CCOC[C@@H]3N)cc3[nH]ccc23)ccc1OC. The molecule has 1 aromatic carbocycles. The van der Waals surface area contributed by atoms with Crippen molar-refractivity contribution in [1.29, 1.82) is 0 Å². The number of hydrogen-bond donors (Lipinski definition) is 4. The standard InChI is InChI=1S/C22H29N5O2/c1-3-4-18-21(28-2)5-6-22(26-18)27-20-12-14(11-19-15(20)7-9-24-19)25-17-8-10-29-13-16(17)23/h5-7,9,11-12,16-17,24-25H,3-4,8,10,13,23H2,1-2H3,(H,26,27)/t16-,17+/m0/s1. The van der Waals surface area contributed by atoms with Gasteiger partial charge >= 0.3 is 0 Å². The highest BCUT2D eigenvalue weighted by Gasteiger charge is 2.22. The molecular formula is C22H29N5O2. The van der Waals surface area contributed by atoms with Crippen LogP contribution in [0, 0.1) is 0 Å². The maximum Gasteiger partial charge on any atom is 0.140 e. The van der Waals surface area contributed by atoms with E-state index >= 15 is 0 Å². The van der Waals surface area contributed by atoms with Gasteiger partial charge < -0.3 is 30.8 Å². The predicted molar refractivity (Wildman–Crippen MR) is 117 cm³/mol. The van der Waals surface area contributed by atoms with Crippen LogP contribution in [0.2, 0.25) is 0 Å². The zero-order valence-electron chi connectivity index (χ0n) is 17.0. The maximum absolute atomic E-state index is 6.22. The second-order valence-electron chi connectivity index (χ2n) is 7.46. The second kappa shape index (κ2) is 8.71. The average Bonchev–Trinajstić information content (AvgIpc) is 3.19. The topological polar surface area (TPSA) is 97.2 Å². The highest BCUT2D eigenvalue weighted by atomic mass is 16.5. The minimum atomic E-state index is -0.0145. The van der Waals surface area contributed by atoms with E-state index in [1.54, 1.807) is 7.11 Å². The van der Waals surface area contributed by atoms with Crippen LogP contribution in [-0.4, -0.2) is 42.4 Å². The minimum Gasteiger partial charge on any atom is -0.495 e. The number of fused-ring (bicyclic) bond motifs is 1. The van der Waals surface area contributed by atoms with Crippen molar-refractivity contribution in [2.45, 2.75) is 38.3 Å². The fourth-order valence-corrected chi connectivity index (χ4v) is 3.80. The smallest absolute Gasteiger partial charge is 0.140 e. The number of aryl methyl sites for hydroxylation is 1. The molecule has 0 spiro atoms. The Kier molecular flexibility index (Phi) is 5.87. The molecule has 2 aromatic heterocycles. The molecule has 0 bridgehead atoms. The van der Waals surface area contributed by atoms with Crippen molar-refractivity contribution < 1.29 is 9.47 Å². The molecule has 7 nitrogen and oxygen atoms in total. The summed E-state index contributed by atoms with van der Waals surface area (Å²) in [4.78, 5) is 8.08. The molecule has 0 radical (unpaired) electrons. The van der Waals surface area contributed by atoms with Crippen LogP contribution in [0.3, 0.4) is 0 Å². The number of pyridine rings is 1. The number of anilines is 3. The molecule has 154 valence electrons. The molecular weight excluding hydrogens is 366 g/mol. The lowest BCUT2D eigenvalue weighted by molar-refractivity contribution is 0.0752. The van der Waals surface area contributed by atoms with Gasteiger partial charge in [0.2, 0.25) is 0 Å². The number of rotatable bonds is 7. The number of aromatic amines is 1. The number of hydrogen-bond acceptors (Lipinski definition) is 6. The first-order valence-corrected chi connectivity index (χ1v) is 10.2. The monoisotopic (exact) mass is 395 g/mol. The van der Waals surface area contributed by atoms with Gasteiger partial charge in [-0.3, -0.25) is 0 Å². The van der Waals surface area contributed by atoms with E-state index in [1.807, 2.05) is 18.3 Å². The lowest BCUT2D eigenvalue weighted by Crippen LogP contribution is -2.47. The van der Waals surface area contributed by atoms with Crippen LogP contribution in [0.25, 0.3) is 10.9 Å². The molecule has 0 saturated carbocycles. The molecule has 29 heavy (non-hydrogen) atoms. The Hall–Kier alpha value is -2.77. The molecule has 3 heterocycles. The lowest BCUT2D eigenvalue weighted by atomic mass is 10.0. The Labute approximate surface area is 171 Å². The first-order valence-electron chi connectivity index (χ1n) is 10.2. The van der Waals surface area contributed by atoms with Crippen molar-refractivity contribution in [3.63, 3.8) is 0 Å². The van der Waals surface area contributed by atoms with Gasteiger partial charge in [-0.2, -0.15) is 0 Å². The number of benzene rings is 1. The maximum atomic E-state index is 6.22. The predicted octanol–water partition coefficient (Wildman–Crippen LogP) is 3.80. The Morgan fingerprint density at radius 1 is 1.31 bits per heavy atom. The molecule has 0 aliphatic carbocycles. The Bertz CT molecular complexity index is 971. The molecule has 5 N–H and O–H groups in total. The van der Waals surface area contributed by atoms with Gasteiger partial charge in [-0.15, -0.1) is 0 Å². The van der Waals surface area contributed by atoms with Crippen molar-refractivity contribution in [2.24, 2.45) is 5.73 Å². The number of methoxy groups -OCH3 is 1. The van der Waals surface area contributed by atoms with Gasteiger partial charge in [0.1, 0.15) is 11.6 Å². The number of H-pyrrole nitrogens is 1. The first-order chi connectivity index (χ1) is 14.2. The summed E-state index contributed by atoms with van der Waals surface area (Å²) in [6, 6.07) is 10.4. The zero-order chi connectivity index (χ0) is 20.2. The van der Waals surface area contributed by atoms with Crippen molar-refractivity contribution >= 4 is 28.1 Å². The summed E-state index contributed by atoms with van der Waals surface area (Å²) in [6.45, 7) is 3.46. The van der Waals surface area contributed by atoms with Crippen molar-refractivity contribution in [3.05, 3.63) is 42.2 Å². The molecule has 1 aliphatic rings. The van der Waals surface area contributed by atoms with E-state index in [-0.39, 0.29) is 12.1 Å². The van der Waals surface area contributed by atoms with Crippen molar-refractivity contribution in [2.75, 3.05) is 31.0 Å². The third kappa shape index (κ3) is 4.31. The van der Waals surface area contributed by atoms with Crippen LogP contribution in [0.15, 0.2) is 36.5 Å². The van der Waals surface area contributed by atoms with Gasteiger partial charge in [-0.1, -0.05) is 13.3 Å². The molecule has 0 amide bonds. The number of ether oxygens (including phenoxy) is 2. The summed E-state index contributed by atoms with van der Waals surface area (Å²) in [5.41, 5.74) is 10.3. The Balaban J connectivity index is 1.63. The van der Waals surface area contributed by atoms with Crippen LogP contribution >= 0.6 is 0 Å². The molecule has 1 aliphatic heterocycles. The highest BCUT2D eigenvalue weighted by Crippen LogP contribution is 2.31. The van der Waals surface area contributed by atoms with Gasteiger partial charge in [0.15, 0.2) is 0 Å². The molecule has 1 fully saturated rings. The summed E-state index contributed by atoms with van der Waals surface area (Å²) in [5, 5.41) is 8.19. The Morgan fingerprint density at radius 2 is 2.21 bits per heavy atom. The molecule has 4 rings (SSSR count). The third-order valence-electron chi connectivity index (χ3n) is 5.32. The van der Waals surface area contributed by atoms with E-state index in [1.165, 1.54) is 0 Å². The van der Waals surface area contributed by atoms with Crippen LogP contribution in [-0.2, 0) is 11.2 Å². The number of nitrogens with one attached hydrogen (secondary N) is 3. The summed E-state index contributed by atoms with van der Waals surface area (Å²) >= 11 is 0. The van der Waals surface area contributed by atoms with E-state index in [0.717, 1.165) is 65.4 Å². The Morgan fingerprint density at radius 3 is 3.00 bits per heavy atom. The first kappa shape index (κ1) is 19.5. The fraction of sp³-hybridized carbons (Fsp3) is 0.409. The third-order valence-corrected chi connectivity index (χ3v) is 5.32. The molecule has 0 unspecified atom stereocenters. The van der Waals surface area contributed by atoms with Gasteiger partial charge in [0.25, 0.3) is 0 Å². The van der Waals surface area contributed by atoms with E-state index in [2.05, 4.69) is 40.7 Å². The molecule has 1 saturated heterocycles. The van der Waals surface area contributed by atoms with Crippen molar-refractivity contribution in [1.82, 2.24) is 9.97 Å². The number of aromatic nitrogens is 2. The van der Waals surface area contributed by atoms with Crippen molar-refractivity contribution in [3.8, 4) is 5.75 Å². The minimum absolute atomic E-state index is 0.0145. The zero-order valence-corrected chi connectivity index (χ0v) is 17.0. The van der Waals surface area contributed by atoms with E-state index < -0.39 is 0 Å².